The minimum Gasteiger partial charge on any atom is -0.309 e. The van der Waals surface area contributed by atoms with E-state index in [0.717, 1.165) is 17.4 Å². The fraction of sp³-hybridized carbons (Fsp3) is 0.333. The highest BCUT2D eigenvalue weighted by Crippen LogP contribution is 2.34. The van der Waals surface area contributed by atoms with Crippen LogP contribution in [0.5, 0.6) is 0 Å². The lowest BCUT2D eigenvalue weighted by Crippen LogP contribution is -2.31. The minimum atomic E-state index is 0.445. The molecule has 20 heavy (non-hydrogen) atoms. The Balaban J connectivity index is 1.63. The SMILES string of the molecule is CCC(NCC1Cc2ccccc21)c1cccc(Br)c1. The van der Waals surface area contributed by atoms with Gasteiger partial charge >= 0.3 is 0 Å². The van der Waals surface area contributed by atoms with Gasteiger partial charge < -0.3 is 5.32 Å². The molecule has 0 fully saturated rings. The lowest BCUT2D eigenvalue weighted by atomic mass is 9.77. The Labute approximate surface area is 129 Å². The predicted molar refractivity (Wildman–Crippen MR) is 88.1 cm³/mol. The third kappa shape index (κ3) is 2.82. The van der Waals surface area contributed by atoms with Crippen LogP contribution in [0.3, 0.4) is 0 Å². The van der Waals surface area contributed by atoms with Crippen LogP contribution < -0.4 is 5.32 Å². The second-order valence-electron chi connectivity index (χ2n) is 5.52. The third-order valence-corrected chi connectivity index (χ3v) is 4.72. The number of benzene rings is 2. The van der Waals surface area contributed by atoms with Gasteiger partial charge in [-0.15, -0.1) is 0 Å². The van der Waals surface area contributed by atoms with Crippen LogP contribution in [-0.4, -0.2) is 6.54 Å². The first-order chi connectivity index (χ1) is 9.78. The molecule has 2 unspecified atom stereocenters. The molecule has 1 aliphatic carbocycles. The zero-order valence-electron chi connectivity index (χ0n) is 11.8. The predicted octanol–water partition coefficient (Wildman–Crippen LogP) is 4.83. The van der Waals surface area contributed by atoms with Gasteiger partial charge in [-0.3, -0.25) is 0 Å². The van der Waals surface area contributed by atoms with Gasteiger partial charge in [-0.25, -0.2) is 0 Å². The number of nitrogens with one attached hydrogen (secondary N) is 1. The Morgan fingerprint density at radius 2 is 2.05 bits per heavy atom. The monoisotopic (exact) mass is 329 g/mol. The molecule has 0 saturated carbocycles. The lowest BCUT2D eigenvalue weighted by Gasteiger charge is -2.32. The van der Waals surface area contributed by atoms with Crippen molar-refractivity contribution in [2.75, 3.05) is 6.54 Å². The fourth-order valence-electron chi connectivity index (χ4n) is 3.05. The van der Waals surface area contributed by atoms with Crippen LogP contribution in [0.2, 0.25) is 0 Å². The Hall–Kier alpha value is -1.12. The smallest absolute Gasteiger partial charge is 0.0318 e. The number of hydrogen-bond acceptors (Lipinski definition) is 1. The highest BCUT2D eigenvalue weighted by Gasteiger charge is 2.25. The lowest BCUT2D eigenvalue weighted by molar-refractivity contribution is 0.461. The van der Waals surface area contributed by atoms with Crippen LogP contribution in [0.25, 0.3) is 0 Å². The largest absolute Gasteiger partial charge is 0.309 e. The van der Waals surface area contributed by atoms with E-state index in [-0.39, 0.29) is 0 Å². The summed E-state index contributed by atoms with van der Waals surface area (Å²) < 4.78 is 1.16. The maximum atomic E-state index is 3.73. The van der Waals surface area contributed by atoms with Crippen LogP contribution in [0.15, 0.2) is 53.0 Å². The molecule has 2 aromatic carbocycles. The van der Waals surface area contributed by atoms with E-state index in [0.29, 0.717) is 12.0 Å². The summed E-state index contributed by atoms with van der Waals surface area (Å²) in [6, 6.07) is 17.9. The molecule has 0 heterocycles. The molecule has 1 nitrogen and oxygen atoms in total. The summed E-state index contributed by atoms with van der Waals surface area (Å²) in [5.74, 6) is 0.687. The summed E-state index contributed by atoms with van der Waals surface area (Å²) in [7, 11) is 0. The summed E-state index contributed by atoms with van der Waals surface area (Å²) in [5, 5.41) is 3.73. The molecule has 0 bridgehead atoms. The second-order valence-corrected chi connectivity index (χ2v) is 6.44. The topological polar surface area (TPSA) is 12.0 Å². The summed E-state index contributed by atoms with van der Waals surface area (Å²) in [4.78, 5) is 0. The minimum absolute atomic E-state index is 0.445. The van der Waals surface area contributed by atoms with Gasteiger partial charge in [-0.05, 0) is 41.7 Å². The van der Waals surface area contributed by atoms with Crippen LogP contribution in [-0.2, 0) is 6.42 Å². The summed E-state index contributed by atoms with van der Waals surface area (Å²) in [6.45, 7) is 3.31. The Bertz CT molecular complexity index is 593. The van der Waals surface area contributed by atoms with E-state index in [1.807, 2.05) is 0 Å². The Morgan fingerprint density at radius 1 is 1.20 bits per heavy atom. The van der Waals surface area contributed by atoms with Gasteiger partial charge in [0.25, 0.3) is 0 Å². The zero-order valence-corrected chi connectivity index (χ0v) is 13.4. The van der Waals surface area contributed by atoms with Gasteiger partial charge in [-0.1, -0.05) is 59.3 Å². The molecule has 0 spiro atoms. The van der Waals surface area contributed by atoms with Crippen molar-refractivity contribution in [3.63, 3.8) is 0 Å². The van der Waals surface area contributed by atoms with Crippen molar-refractivity contribution in [1.82, 2.24) is 5.32 Å². The van der Waals surface area contributed by atoms with Gasteiger partial charge in [0.1, 0.15) is 0 Å². The number of rotatable bonds is 5. The molecule has 2 aromatic rings. The van der Waals surface area contributed by atoms with Gasteiger partial charge in [0.05, 0.1) is 0 Å². The molecule has 1 aliphatic rings. The van der Waals surface area contributed by atoms with Crippen molar-refractivity contribution >= 4 is 15.9 Å². The van der Waals surface area contributed by atoms with Gasteiger partial charge in [0.2, 0.25) is 0 Å². The summed E-state index contributed by atoms with van der Waals surface area (Å²) in [6.07, 6.45) is 2.34. The summed E-state index contributed by atoms with van der Waals surface area (Å²) >= 11 is 3.56. The van der Waals surface area contributed by atoms with E-state index in [1.54, 1.807) is 0 Å². The molecule has 0 aliphatic heterocycles. The molecule has 0 aromatic heterocycles. The molecule has 0 radical (unpaired) electrons. The van der Waals surface area contributed by atoms with Crippen molar-refractivity contribution < 1.29 is 0 Å². The first kappa shape index (κ1) is 13.8. The van der Waals surface area contributed by atoms with Crippen LogP contribution in [0, 0.1) is 0 Å². The first-order valence-corrected chi connectivity index (χ1v) is 8.14. The Morgan fingerprint density at radius 3 is 2.80 bits per heavy atom. The summed E-state index contributed by atoms with van der Waals surface area (Å²) in [5.41, 5.74) is 4.42. The van der Waals surface area contributed by atoms with E-state index in [4.69, 9.17) is 0 Å². The van der Waals surface area contributed by atoms with Crippen molar-refractivity contribution in [2.24, 2.45) is 0 Å². The van der Waals surface area contributed by atoms with E-state index in [1.165, 1.54) is 23.1 Å². The molecule has 1 N–H and O–H groups in total. The fourth-order valence-corrected chi connectivity index (χ4v) is 3.47. The number of hydrogen-bond donors (Lipinski definition) is 1. The molecular formula is C18H20BrN. The quantitative estimate of drug-likeness (QED) is 0.828. The van der Waals surface area contributed by atoms with E-state index in [2.05, 4.69) is 76.7 Å². The first-order valence-electron chi connectivity index (χ1n) is 7.34. The van der Waals surface area contributed by atoms with Crippen LogP contribution in [0.4, 0.5) is 0 Å². The van der Waals surface area contributed by atoms with Crippen molar-refractivity contribution in [2.45, 2.75) is 31.7 Å². The van der Waals surface area contributed by atoms with E-state index in [9.17, 15) is 0 Å². The molecule has 3 rings (SSSR count). The average Bonchev–Trinajstić information content (AvgIpc) is 2.44. The maximum absolute atomic E-state index is 3.73. The third-order valence-electron chi connectivity index (χ3n) is 4.23. The molecule has 0 amide bonds. The average molecular weight is 330 g/mol. The normalized spacial score (nSPS) is 18.2. The van der Waals surface area contributed by atoms with Crippen molar-refractivity contribution in [3.8, 4) is 0 Å². The maximum Gasteiger partial charge on any atom is 0.0318 e. The molecule has 0 saturated heterocycles. The van der Waals surface area contributed by atoms with Gasteiger partial charge in [0.15, 0.2) is 0 Å². The zero-order chi connectivity index (χ0) is 13.9. The van der Waals surface area contributed by atoms with E-state index < -0.39 is 0 Å². The van der Waals surface area contributed by atoms with E-state index >= 15 is 0 Å². The molecular weight excluding hydrogens is 310 g/mol. The standard InChI is InChI=1S/C18H20BrN/c1-2-18(14-7-5-8-16(19)11-14)20-12-15-10-13-6-3-4-9-17(13)15/h3-9,11,15,18,20H,2,10,12H2,1H3. The van der Waals surface area contributed by atoms with Gasteiger partial charge in [0, 0.05) is 23.0 Å². The highest BCUT2D eigenvalue weighted by molar-refractivity contribution is 9.10. The molecule has 2 heteroatoms. The highest BCUT2D eigenvalue weighted by atomic mass is 79.9. The molecule has 104 valence electrons. The number of fused-ring (bicyclic) bond motifs is 1. The van der Waals surface area contributed by atoms with Crippen LogP contribution >= 0.6 is 15.9 Å². The van der Waals surface area contributed by atoms with Gasteiger partial charge in [-0.2, -0.15) is 0 Å². The Kier molecular flexibility index (Phi) is 4.23. The second kappa shape index (κ2) is 6.11. The van der Waals surface area contributed by atoms with Crippen molar-refractivity contribution in [3.05, 3.63) is 69.7 Å². The van der Waals surface area contributed by atoms with Crippen LogP contribution in [0.1, 0.15) is 42.0 Å². The number of halogens is 1. The molecule has 2 atom stereocenters. The van der Waals surface area contributed by atoms with Crippen molar-refractivity contribution in [1.29, 1.82) is 0 Å².